The Labute approximate surface area is 61.7 Å². The lowest BCUT2D eigenvalue weighted by Crippen LogP contribution is -2.21. The SMILES string of the molecule is COCOCC1CCC[N]1. The van der Waals surface area contributed by atoms with E-state index in [2.05, 4.69) is 5.32 Å². The Balaban J connectivity index is 1.91. The second-order valence-corrected chi connectivity index (χ2v) is 2.48. The molecule has 0 amide bonds. The minimum Gasteiger partial charge on any atom is -0.359 e. The second kappa shape index (κ2) is 4.66. The summed E-state index contributed by atoms with van der Waals surface area (Å²) in [4.78, 5) is 0. The Bertz CT molecular complexity index is 81.7. The fraction of sp³-hybridized carbons (Fsp3) is 1.00. The van der Waals surface area contributed by atoms with Gasteiger partial charge in [-0.05, 0) is 12.8 Å². The molecule has 59 valence electrons. The number of hydrogen-bond donors (Lipinski definition) is 0. The van der Waals surface area contributed by atoms with Crippen LogP contribution < -0.4 is 5.32 Å². The van der Waals surface area contributed by atoms with Gasteiger partial charge < -0.3 is 9.47 Å². The molecule has 0 N–H and O–H groups in total. The van der Waals surface area contributed by atoms with Gasteiger partial charge in [0.2, 0.25) is 0 Å². The molecule has 1 aliphatic rings. The van der Waals surface area contributed by atoms with Gasteiger partial charge in [-0.3, -0.25) is 0 Å². The molecule has 1 radical (unpaired) electrons. The van der Waals surface area contributed by atoms with E-state index in [-0.39, 0.29) is 0 Å². The first-order valence-corrected chi connectivity index (χ1v) is 3.67. The van der Waals surface area contributed by atoms with E-state index in [1.165, 1.54) is 12.8 Å². The first-order chi connectivity index (χ1) is 4.93. The van der Waals surface area contributed by atoms with E-state index in [1.807, 2.05) is 0 Å². The quantitative estimate of drug-likeness (QED) is 0.422. The summed E-state index contributed by atoms with van der Waals surface area (Å²) < 4.78 is 9.89. The van der Waals surface area contributed by atoms with Crippen molar-refractivity contribution in [1.82, 2.24) is 5.32 Å². The molecule has 0 aliphatic carbocycles. The summed E-state index contributed by atoms with van der Waals surface area (Å²) in [6.07, 6.45) is 2.41. The highest BCUT2D eigenvalue weighted by molar-refractivity contribution is 4.72. The lowest BCUT2D eigenvalue weighted by atomic mass is 10.2. The zero-order valence-electron chi connectivity index (χ0n) is 6.38. The highest BCUT2D eigenvalue weighted by atomic mass is 16.7. The van der Waals surface area contributed by atoms with Gasteiger partial charge in [-0.15, -0.1) is 0 Å². The minimum atomic E-state index is 0.395. The van der Waals surface area contributed by atoms with Crippen LogP contribution in [0.2, 0.25) is 0 Å². The van der Waals surface area contributed by atoms with Crippen LogP contribution in [0.4, 0.5) is 0 Å². The van der Waals surface area contributed by atoms with Crippen molar-refractivity contribution in [3.63, 3.8) is 0 Å². The smallest absolute Gasteiger partial charge is 0.146 e. The predicted octanol–water partition coefficient (Wildman–Crippen LogP) is 0.374. The third-order valence-electron chi connectivity index (χ3n) is 1.59. The van der Waals surface area contributed by atoms with Crippen LogP contribution in [0.1, 0.15) is 12.8 Å². The molecule has 3 nitrogen and oxygen atoms in total. The molecule has 0 aromatic carbocycles. The zero-order chi connectivity index (χ0) is 7.23. The molecule has 1 fully saturated rings. The second-order valence-electron chi connectivity index (χ2n) is 2.48. The van der Waals surface area contributed by atoms with Gasteiger partial charge in [0.05, 0.1) is 6.61 Å². The molecule has 1 heterocycles. The van der Waals surface area contributed by atoms with Crippen molar-refractivity contribution in [3.8, 4) is 0 Å². The zero-order valence-corrected chi connectivity index (χ0v) is 6.38. The van der Waals surface area contributed by atoms with Gasteiger partial charge in [0.15, 0.2) is 0 Å². The summed E-state index contributed by atoms with van der Waals surface area (Å²) in [5.74, 6) is 0. The maximum Gasteiger partial charge on any atom is 0.146 e. The van der Waals surface area contributed by atoms with Crippen LogP contribution in [0.3, 0.4) is 0 Å². The van der Waals surface area contributed by atoms with E-state index in [4.69, 9.17) is 9.47 Å². The number of nitrogens with zero attached hydrogens (tertiary/aromatic N) is 1. The van der Waals surface area contributed by atoms with Crippen LogP contribution >= 0.6 is 0 Å². The molecule has 0 spiro atoms. The van der Waals surface area contributed by atoms with E-state index in [1.54, 1.807) is 7.11 Å². The van der Waals surface area contributed by atoms with E-state index in [0.29, 0.717) is 12.8 Å². The van der Waals surface area contributed by atoms with Gasteiger partial charge >= 0.3 is 0 Å². The predicted molar refractivity (Wildman–Crippen MR) is 37.9 cm³/mol. The first-order valence-electron chi connectivity index (χ1n) is 3.67. The van der Waals surface area contributed by atoms with E-state index >= 15 is 0 Å². The maximum atomic E-state index is 5.15. The third-order valence-corrected chi connectivity index (χ3v) is 1.59. The van der Waals surface area contributed by atoms with Crippen molar-refractivity contribution < 1.29 is 9.47 Å². The van der Waals surface area contributed by atoms with Gasteiger partial charge in [-0.2, -0.15) is 0 Å². The Kier molecular flexibility index (Phi) is 3.72. The molecular formula is C7H14NO2. The first kappa shape index (κ1) is 7.98. The largest absolute Gasteiger partial charge is 0.359 e. The van der Waals surface area contributed by atoms with Crippen molar-refractivity contribution in [3.05, 3.63) is 0 Å². The Morgan fingerprint density at radius 1 is 1.60 bits per heavy atom. The normalized spacial score (nSPS) is 25.5. The summed E-state index contributed by atoms with van der Waals surface area (Å²) in [7, 11) is 1.63. The van der Waals surface area contributed by atoms with Crippen molar-refractivity contribution in [1.29, 1.82) is 0 Å². The highest BCUT2D eigenvalue weighted by Crippen LogP contribution is 2.06. The Morgan fingerprint density at radius 2 is 2.50 bits per heavy atom. The molecule has 10 heavy (non-hydrogen) atoms. The lowest BCUT2D eigenvalue weighted by molar-refractivity contribution is -0.0366. The third kappa shape index (κ3) is 2.64. The Hall–Kier alpha value is -0.120. The molecule has 0 aromatic rings. The molecular weight excluding hydrogens is 130 g/mol. The molecule has 0 aromatic heterocycles. The average Bonchev–Trinajstić information content (AvgIpc) is 2.41. The Morgan fingerprint density at radius 3 is 3.10 bits per heavy atom. The summed E-state index contributed by atoms with van der Waals surface area (Å²) >= 11 is 0. The van der Waals surface area contributed by atoms with Crippen LogP contribution in [0.25, 0.3) is 0 Å². The topological polar surface area (TPSA) is 32.6 Å². The van der Waals surface area contributed by atoms with E-state index in [9.17, 15) is 0 Å². The van der Waals surface area contributed by atoms with Crippen molar-refractivity contribution in [2.75, 3.05) is 27.1 Å². The number of methoxy groups -OCH3 is 1. The van der Waals surface area contributed by atoms with Crippen molar-refractivity contribution in [2.24, 2.45) is 0 Å². The van der Waals surface area contributed by atoms with Crippen LogP contribution in [0, 0.1) is 0 Å². The standard InChI is InChI=1S/C7H14NO2/c1-9-6-10-5-7-3-2-4-8-7/h7H,2-6H2,1H3. The summed E-state index contributed by atoms with van der Waals surface area (Å²) in [6, 6.07) is 0.440. The number of ether oxygens (including phenoxy) is 2. The van der Waals surface area contributed by atoms with Gasteiger partial charge in [0, 0.05) is 19.7 Å². The van der Waals surface area contributed by atoms with Crippen LogP contribution in [-0.2, 0) is 9.47 Å². The molecule has 0 saturated carbocycles. The molecule has 1 atom stereocenters. The fourth-order valence-electron chi connectivity index (χ4n) is 1.10. The highest BCUT2D eigenvalue weighted by Gasteiger charge is 2.14. The molecule has 1 unspecified atom stereocenters. The number of rotatable bonds is 4. The van der Waals surface area contributed by atoms with Gasteiger partial charge in [-0.1, -0.05) is 0 Å². The molecule has 0 bridgehead atoms. The van der Waals surface area contributed by atoms with Crippen LogP contribution in [0.5, 0.6) is 0 Å². The molecule has 1 aliphatic heterocycles. The fourth-order valence-corrected chi connectivity index (χ4v) is 1.10. The molecule has 1 rings (SSSR count). The van der Waals surface area contributed by atoms with Crippen LogP contribution in [-0.4, -0.2) is 33.1 Å². The maximum absolute atomic E-state index is 5.15. The van der Waals surface area contributed by atoms with E-state index in [0.717, 1.165) is 13.2 Å². The average molecular weight is 144 g/mol. The lowest BCUT2D eigenvalue weighted by Gasteiger charge is -2.07. The van der Waals surface area contributed by atoms with Gasteiger partial charge in [0.25, 0.3) is 0 Å². The molecule has 3 heteroatoms. The summed E-state index contributed by atoms with van der Waals surface area (Å²) in [5, 5.41) is 4.33. The molecule has 1 saturated heterocycles. The van der Waals surface area contributed by atoms with Crippen molar-refractivity contribution >= 4 is 0 Å². The number of hydrogen-bond acceptors (Lipinski definition) is 2. The minimum absolute atomic E-state index is 0.395. The summed E-state index contributed by atoms with van der Waals surface area (Å²) in [6.45, 7) is 2.14. The summed E-state index contributed by atoms with van der Waals surface area (Å²) in [5.41, 5.74) is 0. The van der Waals surface area contributed by atoms with Gasteiger partial charge in [0.1, 0.15) is 6.79 Å². The van der Waals surface area contributed by atoms with E-state index < -0.39 is 0 Å². The van der Waals surface area contributed by atoms with Crippen LogP contribution in [0.15, 0.2) is 0 Å². The monoisotopic (exact) mass is 144 g/mol. The van der Waals surface area contributed by atoms with Gasteiger partial charge in [-0.25, -0.2) is 5.32 Å². The van der Waals surface area contributed by atoms with Crippen molar-refractivity contribution in [2.45, 2.75) is 18.9 Å².